The molecule has 0 spiro atoms. The fourth-order valence-corrected chi connectivity index (χ4v) is 1.51. The Labute approximate surface area is 98.0 Å². The summed E-state index contributed by atoms with van der Waals surface area (Å²) in [6, 6.07) is 8.18. The summed E-state index contributed by atoms with van der Waals surface area (Å²) >= 11 is 4.79. The Morgan fingerprint density at radius 3 is 2.71 bits per heavy atom. The van der Waals surface area contributed by atoms with E-state index in [-0.39, 0.29) is 4.75 Å². The van der Waals surface area contributed by atoms with Gasteiger partial charge in [-0.15, -0.1) is 0 Å². The van der Waals surface area contributed by atoms with E-state index in [2.05, 4.69) is 54.1 Å². The van der Waals surface area contributed by atoms with Gasteiger partial charge in [0.15, 0.2) is 0 Å². The second kappa shape index (κ2) is 5.01. The van der Waals surface area contributed by atoms with Gasteiger partial charge in [-0.1, -0.05) is 52.2 Å². The molecule has 1 aromatic rings. The van der Waals surface area contributed by atoms with E-state index < -0.39 is 0 Å². The summed E-state index contributed by atoms with van der Waals surface area (Å²) in [5, 5.41) is 5.56. The van der Waals surface area contributed by atoms with Crippen LogP contribution in [-0.4, -0.2) is 4.75 Å². The van der Waals surface area contributed by atoms with E-state index in [1.165, 1.54) is 17.5 Å². The van der Waals surface area contributed by atoms with Crippen molar-refractivity contribution >= 4 is 34.0 Å². The molecule has 3 heteroatoms. The highest BCUT2D eigenvalue weighted by Crippen LogP contribution is 2.22. The van der Waals surface area contributed by atoms with Crippen LogP contribution in [0.4, 0.5) is 0 Å². The smallest absolute Gasteiger partial charge is 0.0428 e. The molecule has 2 N–H and O–H groups in total. The van der Waals surface area contributed by atoms with E-state index in [1.54, 1.807) is 0 Å². The molecule has 0 saturated heterocycles. The largest absolute Gasteiger partial charge is 0.277 e. The topological polar surface area (TPSA) is 26.0 Å². The summed E-state index contributed by atoms with van der Waals surface area (Å²) in [7, 11) is 0. The molecule has 0 unspecified atom stereocenters. The number of hydrogen-bond donors (Lipinski definition) is 1. The van der Waals surface area contributed by atoms with Crippen molar-refractivity contribution in [3.63, 3.8) is 0 Å². The van der Waals surface area contributed by atoms with Gasteiger partial charge in [-0.3, -0.25) is 5.14 Å². The molecule has 1 aromatic carbocycles. The van der Waals surface area contributed by atoms with E-state index in [4.69, 9.17) is 5.14 Å². The minimum absolute atomic E-state index is 0.0116. The van der Waals surface area contributed by atoms with Gasteiger partial charge in [0.25, 0.3) is 0 Å². The van der Waals surface area contributed by atoms with Gasteiger partial charge >= 0.3 is 0 Å². The number of hydrogen-bond acceptors (Lipinski definition) is 2. The number of nitrogens with two attached hydrogens (primary N) is 1. The minimum Gasteiger partial charge on any atom is -0.277 e. The second-order valence-corrected chi connectivity index (χ2v) is 5.81. The molecule has 1 rings (SSSR count). The van der Waals surface area contributed by atoms with Gasteiger partial charge in [-0.05, 0) is 31.5 Å². The molecule has 0 saturated carbocycles. The predicted octanol–water partition coefficient (Wildman–Crippen LogP) is 3.85. The molecule has 0 aromatic heterocycles. The van der Waals surface area contributed by atoms with Crippen LogP contribution in [0.25, 0.3) is 6.08 Å². The SMILES string of the molecule is CC(C)(C=Cc1cccc(Br)c1)SN. The Morgan fingerprint density at radius 1 is 1.43 bits per heavy atom. The van der Waals surface area contributed by atoms with E-state index in [1.807, 2.05) is 12.1 Å². The van der Waals surface area contributed by atoms with Crippen molar-refractivity contribution in [1.82, 2.24) is 0 Å². The molecule has 0 heterocycles. The molecular formula is C11H14BrNS. The highest BCUT2D eigenvalue weighted by atomic mass is 79.9. The van der Waals surface area contributed by atoms with Gasteiger partial charge in [0.1, 0.15) is 0 Å². The van der Waals surface area contributed by atoms with Gasteiger partial charge in [-0.25, -0.2) is 0 Å². The Kier molecular flexibility index (Phi) is 4.23. The van der Waals surface area contributed by atoms with Crippen LogP contribution < -0.4 is 5.14 Å². The van der Waals surface area contributed by atoms with Crippen molar-refractivity contribution in [3.8, 4) is 0 Å². The van der Waals surface area contributed by atoms with Gasteiger partial charge in [0.05, 0.1) is 0 Å². The first-order valence-electron chi connectivity index (χ1n) is 4.36. The third kappa shape index (κ3) is 3.86. The van der Waals surface area contributed by atoms with E-state index >= 15 is 0 Å². The Balaban J connectivity index is 2.78. The highest BCUT2D eigenvalue weighted by molar-refractivity contribution is 9.10. The van der Waals surface area contributed by atoms with Crippen LogP contribution >= 0.6 is 27.9 Å². The molecule has 1 nitrogen and oxygen atoms in total. The highest BCUT2D eigenvalue weighted by Gasteiger charge is 2.10. The van der Waals surface area contributed by atoms with Crippen LogP contribution in [0.3, 0.4) is 0 Å². The molecule has 0 amide bonds. The summed E-state index contributed by atoms with van der Waals surface area (Å²) < 4.78 is 1.08. The molecule has 0 aliphatic carbocycles. The Bertz CT molecular complexity index is 334. The van der Waals surface area contributed by atoms with Crippen LogP contribution in [-0.2, 0) is 0 Å². The number of benzene rings is 1. The summed E-state index contributed by atoms with van der Waals surface area (Å²) in [5.41, 5.74) is 1.18. The van der Waals surface area contributed by atoms with Gasteiger partial charge < -0.3 is 0 Å². The zero-order valence-electron chi connectivity index (χ0n) is 8.33. The summed E-state index contributed by atoms with van der Waals surface area (Å²) in [4.78, 5) is 0. The van der Waals surface area contributed by atoms with Crippen molar-refractivity contribution < 1.29 is 0 Å². The average molecular weight is 272 g/mol. The van der Waals surface area contributed by atoms with Crippen molar-refractivity contribution in [2.75, 3.05) is 0 Å². The monoisotopic (exact) mass is 271 g/mol. The molecule has 0 bridgehead atoms. The first-order valence-corrected chi connectivity index (χ1v) is 6.03. The van der Waals surface area contributed by atoms with Crippen molar-refractivity contribution in [3.05, 3.63) is 40.4 Å². The van der Waals surface area contributed by atoms with Gasteiger partial charge in [-0.2, -0.15) is 0 Å². The van der Waals surface area contributed by atoms with Gasteiger partial charge in [0.2, 0.25) is 0 Å². The normalized spacial score (nSPS) is 12.3. The first-order chi connectivity index (χ1) is 6.53. The lowest BCUT2D eigenvalue weighted by Crippen LogP contribution is -2.12. The summed E-state index contributed by atoms with van der Waals surface area (Å²) in [6.07, 6.45) is 4.20. The molecule has 0 fully saturated rings. The van der Waals surface area contributed by atoms with Crippen LogP contribution in [0, 0.1) is 0 Å². The van der Waals surface area contributed by atoms with Gasteiger partial charge in [0, 0.05) is 9.22 Å². The van der Waals surface area contributed by atoms with Crippen LogP contribution in [0.15, 0.2) is 34.8 Å². The molecule has 14 heavy (non-hydrogen) atoms. The Hall–Kier alpha value is -0.250. The summed E-state index contributed by atoms with van der Waals surface area (Å²) in [6.45, 7) is 4.18. The molecule has 76 valence electrons. The maximum absolute atomic E-state index is 5.56. The van der Waals surface area contributed by atoms with Crippen LogP contribution in [0.1, 0.15) is 19.4 Å². The molecule has 0 aliphatic rings. The summed E-state index contributed by atoms with van der Waals surface area (Å²) in [5.74, 6) is 0. The molecule has 0 atom stereocenters. The lowest BCUT2D eigenvalue weighted by Gasteiger charge is -2.15. The quantitative estimate of drug-likeness (QED) is 0.846. The van der Waals surface area contributed by atoms with E-state index in [0.29, 0.717) is 0 Å². The fourth-order valence-electron chi connectivity index (χ4n) is 0.946. The molecule has 0 radical (unpaired) electrons. The van der Waals surface area contributed by atoms with Crippen LogP contribution in [0.5, 0.6) is 0 Å². The maximum atomic E-state index is 5.56. The zero-order chi connectivity index (χ0) is 10.6. The standard InChI is InChI=1S/C11H14BrNS/c1-11(2,14-13)7-6-9-4-3-5-10(12)8-9/h3-8H,13H2,1-2H3. The third-order valence-electron chi connectivity index (χ3n) is 1.83. The average Bonchev–Trinajstić information content (AvgIpc) is 2.15. The lowest BCUT2D eigenvalue weighted by atomic mass is 10.1. The van der Waals surface area contributed by atoms with Crippen molar-refractivity contribution in [2.45, 2.75) is 18.6 Å². The van der Waals surface area contributed by atoms with E-state index in [9.17, 15) is 0 Å². The predicted molar refractivity (Wildman–Crippen MR) is 69.0 cm³/mol. The van der Waals surface area contributed by atoms with E-state index in [0.717, 1.165) is 4.47 Å². The first kappa shape index (κ1) is 11.8. The van der Waals surface area contributed by atoms with Crippen molar-refractivity contribution in [2.24, 2.45) is 5.14 Å². The van der Waals surface area contributed by atoms with Crippen molar-refractivity contribution in [1.29, 1.82) is 0 Å². The minimum atomic E-state index is -0.0116. The van der Waals surface area contributed by atoms with Crippen LogP contribution in [0.2, 0.25) is 0 Å². The molecular weight excluding hydrogens is 258 g/mol. The third-order valence-corrected chi connectivity index (χ3v) is 3.07. The lowest BCUT2D eigenvalue weighted by molar-refractivity contribution is 0.904. The molecule has 0 aliphatic heterocycles. The number of rotatable bonds is 3. The Morgan fingerprint density at radius 2 is 2.14 bits per heavy atom. The second-order valence-electron chi connectivity index (χ2n) is 3.61. The zero-order valence-corrected chi connectivity index (χ0v) is 10.7. The maximum Gasteiger partial charge on any atom is 0.0428 e. The number of halogens is 1. The fraction of sp³-hybridized carbons (Fsp3) is 0.273.